The van der Waals surface area contributed by atoms with E-state index in [4.69, 9.17) is 0 Å². The minimum Gasteiger partial charge on any atom is -0.346 e. The third-order valence-electron chi connectivity index (χ3n) is 3.00. The third-order valence-corrected chi connectivity index (χ3v) is 3.00. The van der Waals surface area contributed by atoms with Crippen LogP contribution in [0.4, 0.5) is 0 Å². The Morgan fingerprint density at radius 2 is 2.15 bits per heavy atom. The van der Waals surface area contributed by atoms with Crippen LogP contribution in [0.15, 0.2) is 11.0 Å². The number of amides is 1. The first-order valence-electron chi connectivity index (χ1n) is 6.45. The van der Waals surface area contributed by atoms with E-state index in [1.807, 2.05) is 25.3 Å². The lowest BCUT2D eigenvalue weighted by atomic mass is 10.2. The van der Waals surface area contributed by atoms with E-state index in [1.165, 1.54) is 0 Å². The molecule has 20 heavy (non-hydrogen) atoms. The van der Waals surface area contributed by atoms with E-state index in [9.17, 15) is 4.79 Å². The minimum atomic E-state index is -0.229. The van der Waals surface area contributed by atoms with Crippen LogP contribution in [0.3, 0.4) is 0 Å². The van der Waals surface area contributed by atoms with Crippen molar-refractivity contribution in [2.75, 3.05) is 0 Å². The summed E-state index contributed by atoms with van der Waals surface area (Å²) in [5.41, 5.74) is 1.16. The normalized spacial score (nSPS) is 12.7. The average molecular weight is 278 g/mol. The van der Waals surface area contributed by atoms with Gasteiger partial charge in [-0.15, -0.1) is 10.2 Å². The Balaban J connectivity index is 2.00. The van der Waals surface area contributed by atoms with Crippen molar-refractivity contribution >= 4 is 5.91 Å². The molecule has 8 nitrogen and oxygen atoms in total. The van der Waals surface area contributed by atoms with Gasteiger partial charge >= 0.3 is 0 Å². The number of rotatable bonds is 5. The molecule has 0 saturated carbocycles. The Morgan fingerprint density at radius 1 is 1.40 bits per heavy atom. The van der Waals surface area contributed by atoms with Gasteiger partial charge in [-0.05, 0) is 27.7 Å². The van der Waals surface area contributed by atoms with Gasteiger partial charge in [-0.1, -0.05) is 10.3 Å². The highest BCUT2D eigenvalue weighted by molar-refractivity contribution is 5.78. The van der Waals surface area contributed by atoms with Crippen LogP contribution in [0, 0.1) is 6.92 Å². The Hall–Kier alpha value is -2.25. The predicted octanol–water partition coefficient (Wildman–Crippen LogP) is 0.970. The van der Waals surface area contributed by atoms with Gasteiger partial charge in [-0.2, -0.15) is 0 Å². The smallest absolute Gasteiger partial charge is 0.226 e. The maximum atomic E-state index is 12.0. The fourth-order valence-corrected chi connectivity index (χ4v) is 1.88. The fourth-order valence-electron chi connectivity index (χ4n) is 1.88. The van der Waals surface area contributed by atoms with E-state index in [0.29, 0.717) is 11.4 Å². The van der Waals surface area contributed by atoms with Gasteiger partial charge in [0, 0.05) is 6.04 Å². The molecule has 0 radical (unpaired) electrons. The maximum Gasteiger partial charge on any atom is 0.226 e. The van der Waals surface area contributed by atoms with Crippen LogP contribution in [0.25, 0.3) is 0 Å². The summed E-state index contributed by atoms with van der Waals surface area (Å²) >= 11 is 0. The van der Waals surface area contributed by atoms with Gasteiger partial charge in [0.05, 0.1) is 12.5 Å². The van der Waals surface area contributed by atoms with Crippen molar-refractivity contribution in [3.8, 4) is 0 Å². The highest BCUT2D eigenvalue weighted by Crippen LogP contribution is 2.14. The number of carbonyl (C=O) groups excluding carboxylic acids is 1. The second-order valence-corrected chi connectivity index (χ2v) is 4.95. The molecule has 0 aliphatic heterocycles. The Bertz CT molecular complexity index is 588. The van der Waals surface area contributed by atoms with Gasteiger partial charge in [0.15, 0.2) is 5.82 Å². The van der Waals surface area contributed by atoms with E-state index in [-0.39, 0.29) is 24.4 Å². The van der Waals surface area contributed by atoms with Crippen molar-refractivity contribution in [1.29, 1.82) is 0 Å². The van der Waals surface area contributed by atoms with Gasteiger partial charge in [-0.3, -0.25) is 4.79 Å². The number of hydrogen-bond donors (Lipinski definition) is 1. The average Bonchev–Trinajstić information content (AvgIpc) is 2.99. The van der Waals surface area contributed by atoms with Gasteiger partial charge in [0.1, 0.15) is 17.7 Å². The van der Waals surface area contributed by atoms with E-state index in [0.717, 1.165) is 5.82 Å². The summed E-state index contributed by atoms with van der Waals surface area (Å²) in [5, 5.41) is 18.1. The SMILES string of the molecule is Cc1nonc1CC(=O)NC(C)c1nncn1C(C)C. The molecule has 1 unspecified atom stereocenters. The molecule has 2 aromatic heterocycles. The van der Waals surface area contributed by atoms with Crippen LogP contribution in [-0.2, 0) is 11.2 Å². The molecule has 1 atom stereocenters. The van der Waals surface area contributed by atoms with Gasteiger partial charge in [0.25, 0.3) is 0 Å². The van der Waals surface area contributed by atoms with E-state index < -0.39 is 0 Å². The lowest BCUT2D eigenvalue weighted by Crippen LogP contribution is -2.30. The van der Waals surface area contributed by atoms with Gasteiger partial charge in [0.2, 0.25) is 5.91 Å². The first kappa shape index (κ1) is 14.2. The predicted molar refractivity (Wildman–Crippen MR) is 69.7 cm³/mol. The quantitative estimate of drug-likeness (QED) is 0.875. The lowest BCUT2D eigenvalue weighted by Gasteiger charge is -2.16. The summed E-state index contributed by atoms with van der Waals surface area (Å²) in [6.07, 6.45) is 1.80. The zero-order valence-corrected chi connectivity index (χ0v) is 12.0. The number of carbonyl (C=O) groups is 1. The molecule has 1 N–H and O–H groups in total. The molecule has 2 heterocycles. The third kappa shape index (κ3) is 3.01. The fraction of sp³-hybridized carbons (Fsp3) is 0.583. The van der Waals surface area contributed by atoms with Crippen molar-refractivity contribution in [1.82, 2.24) is 30.4 Å². The van der Waals surface area contributed by atoms with E-state index in [2.05, 4.69) is 30.5 Å². The van der Waals surface area contributed by atoms with E-state index >= 15 is 0 Å². The molecule has 1 amide bonds. The number of hydrogen-bond acceptors (Lipinski definition) is 6. The van der Waals surface area contributed by atoms with Crippen molar-refractivity contribution in [2.45, 2.75) is 46.2 Å². The summed E-state index contributed by atoms with van der Waals surface area (Å²) in [4.78, 5) is 12.0. The summed E-state index contributed by atoms with van der Waals surface area (Å²) in [7, 11) is 0. The highest BCUT2D eigenvalue weighted by Gasteiger charge is 2.18. The van der Waals surface area contributed by atoms with Gasteiger partial charge < -0.3 is 9.88 Å². The molecule has 2 aromatic rings. The molecule has 0 saturated heterocycles. The molecule has 0 aromatic carbocycles. The number of nitrogens with one attached hydrogen (secondary N) is 1. The Labute approximate surface area is 116 Å². The molecule has 8 heteroatoms. The molecule has 0 aliphatic carbocycles. The lowest BCUT2D eigenvalue weighted by molar-refractivity contribution is -0.121. The number of nitrogens with zero attached hydrogens (tertiary/aromatic N) is 5. The van der Waals surface area contributed by atoms with Crippen molar-refractivity contribution in [2.24, 2.45) is 0 Å². The van der Waals surface area contributed by atoms with Crippen molar-refractivity contribution in [3.63, 3.8) is 0 Å². The first-order valence-corrected chi connectivity index (χ1v) is 6.45. The molecule has 0 spiro atoms. The highest BCUT2D eigenvalue weighted by atomic mass is 16.6. The van der Waals surface area contributed by atoms with Crippen LogP contribution in [0.1, 0.15) is 50.1 Å². The molecule has 108 valence electrons. The number of aromatic nitrogens is 5. The second kappa shape index (κ2) is 5.81. The topological polar surface area (TPSA) is 98.7 Å². The summed E-state index contributed by atoms with van der Waals surface area (Å²) in [5.74, 6) is 0.568. The largest absolute Gasteiger partial charge is 0.346 e. The summed E-state index contributed by atoms with van der Waals surface area (Å²) < 4.78 is 6.49. The molecular weight excluding hydrogens is 260 g/mol. The molecule has 0 fully saturated rings. The zero-order chi connectivity index (χ0) is 14.7. The van der Waals surface area contributed by atoms with Crippen LogP contribution < -0.4 is 5.32 Å². The first-order chi connectivity index (χ1) is 9.49. The molecule has 2 rings (SSSR count). The molecular formula is C12H18N6O2. The minimum absolute atomic E-state index is 0.134. The van der Waals surface area contributed by atoms with Crippen molar-refractivity contribution < 1.29 is 9.42 Å². The molecule has 0 aliphatic rings. The molecule has 0 bridgehead atoms. The van der Waals surface area contributed by atoms with Crippen LogP contribution in [-0.4, -0.2) is 31.0 Å². The van der Waals surface area contributed by atoms with Crippen LogP contribution >= 0.6 is 0 Å². The Kier molecular flexibility index (Phi) is 4.11. The summed E-state index contributed by atoms with van der Waals surface area (Å²) in [6, 6.07) is 0.00824. The summed E-state index contributed by atoms with van der Waals surface area (Å²) in [6.45, 7) is 7.68. The standard InChI is InChI=1S/C12H18N6O2/c1-7(2)18-6-13-15-12(18)9(4)14-11(19)5-10-8(3)16-20-17-10/h6-7,9H,5H2,1-4H3,(H,14,19). The van der Waals surface area contributed by atoms with E-state index in [1.54, 1.807) is 13.3 Å². The Morgan fingerprint density at radius 3 is 2.75 bits per heavy atom. The monoisotopic (exact) mass is 278 g/mol. The van der Waals surface area contributed by atoms with Crippen molar-refractivity contribution in [3.05, 3.63) is 23.5 Å². The number of aryl methyl sites for hydroxylation is 1. The maximum absolute atomic E-state index is 12.0. The zero-order valence-electron chi connectivity index (χ0n) is 12.0. The second-order valence-electron chi connectivity index (χ2n) is 4.95. The van der Waals surface area contributed by atoms with Crippen LogP contribution in [0.2, 0.25) is 0 Å². The van der Waals surface area contributed by atoms with Gasteiger partial charge in [-0.25, -0.2) is 4.63 Å². The van der Waals surface area contributed by atoms with Crippen LogP contribution in [0.5, 0.6) is 0 Å².